The van der Waals surface area contributed by atoms with Gasteiger partial charge in [-0.25, -0.2) is 0 Å². The summed E-state index contributed by atoms with van der Waals surface area (Å²) in [5.74, 6) is -1.06. The van der Waals surface area contributed by atoms with Crippen LogP contribution in [0.25, 0.3) is 0 Å². The maximum atomic E-state index is 11.7. The Bertz CT molecular complexity index is 422. The lowest BCUT2D eigenvalue weighted by atomic mass is 9.81. The third kappa shape index (κ3) is 3.33. The number of hydrogen-bond donors (Lipinski definition) is 0. The lowest BCUT2D eigenvalue weighted by Crippen LogP contribution is -2.26. The van der Waals surface area contributed by atoms with E-state index in [1.807, 2.05) is 44.2 Å². The molecule has 0 heterocycles. The maximum absolute atomic E-state index is 11.7. The Hall–Kier alpha value is -1.82. The monoisotopic (exact) mass is 245 g/mol. The van der Waals surface area contributed by atoms with Crippen LogP contribution >= 0.6 is 0 Å². The molecular formula is C15H19NO2. The topological polar surface area (TPSA) is 50.1 Å². The van der Waals surface area contributed by atoms with Crippen LogP contribution in [0.3, 0.4) is 0 Å². The van der Waals surface area contributed by atoms with E-state index in [0.29, 0.717) is 6.61 Å². The van der Waals surface area contributed by atoms with Crippen LogP contribution in [0, 0.1) is 23.2 Å². The minimum absolute atomic E-state index is 0.0727. The van der Waals surface area contributed by atoms with E-state index < -0.39 is 11.9 Å². The van der Waals surface area contributed by atoms with Crippen LogP contribution in [-0.4, -0.2) is 12.6 Å². The molecule has 3 atom stereocenters. The third-order valence-corrected chi connectivity index (χ3v) is 3.32. The summed E-state index contributed by atoms with van der Waals surface area (Å²) in [5.41, 5.74) is 1.13. The Kier molecular flexibility index (Phi) is 5.38. The molecule has 0 radical (unpaired) electrons. The van der Waals surface area contributed by atoms with Crippen LogP contribution in [0.5, 0.6) is 0 Å². The van der Waals surface area contributed by atoms with Crippen LogP contribution in [0.4, 0.5) is 0 Å². The van der Waals surface area contributed by atoms with E-state index in [9.17, 15) is 4.79 Å². The molecule has 0 aliphatic heterocycles. The highest BCUT2D eigenvalue weighted by Crippen LogP contribution is 2.30. The molecule has 0 amide bonds. The Balaban J connectivity index is 2.82. The molecule has 1 aromatic carbocycles. The van der Waals surface area contributed by atoms with Crippen LogP contribution in [0.2, 0.25) is 0 Å². The zero-order chi connectivity index (χ0) is 13.5. The van der Waals surface area contributed by atoms with E-state index in [2.05, 4.69) is 6.07 Å². The Morgan fingerprint density at radius 3 is 2.44 bits per heavy atom. The molecule has 1 rings (SSSR count). The van der Waals surface area contributed by atoms with Crippen molar-refractivity contribution in [1.82, 2.24) is 0 Å². The van der Waals surface area contributed by atoms with Crippen molar-refractivity contribution in [2.75, 3.05) is 6.61 Å². The molecule has 96 valence electrons. The van der Waals surface area contributed by atoms with E-state index in [1.54, 1.807) is 6.92 Å². The summed E-state index contributed by atoms with van der Waals surface area (Å²) in [7, 11) is 0. The predicted molar refractivity (Wildman–Crippen MR) is 69.8 cm³/mol. The summed E-state index contributed by atoms with van der Waals surface area (Å²) in [4.78, 5) is 11.7. The molecule has 0 aliphatic carbocycles. The largest absolute Gasteiger partial charge is 0.465 e. The second-order valence-electron chi connectivity index (χ2n) is 4.42. The number of esters is 1. The van der Waals surface area contributed by atoms with Gasteiger partial charge in [-0.15, -0.1) is 0 Å². The summed E-state index contributed by atoms with van der Waals surface area (Å²) in [5, 5.41) is 9.14. The first-order chi connectivity index (χ1) is 8.61. The highest BCUT2D eigenvalue weighted by atomic mass is 16.5. The van der Waals surface area contributed by atoms with Gasteiger partial charge in [-0.2, -0.15) is 5.26 Å². The summed E-state index contributed by atoms with van der Waals surface area (Å²) >= 11 is 0. The fourth-order valence-corrected chi connectivity index (χ4v) is 1.97. The first-order valence-corrected chi connectivity index (χ1v) is 6.23. The van der Waals surface area contributed by atoms with Gasteiger partial charge in [-0.05, 0) is 24.3 Å². The van der Waals surface area contributed by atoms with Gasteiger partial charge in [0.05, 0.1) is 12.7 Å². The molecule has 0 N–H and O–H groups in total. The van der Waals surface area contributed by atoms with Gasteiger partial charge in [-0.3, -0.25) is 4.79 Å². The maximum Gasteiger partial charge on any atom is 0.323 e. The molecule has 0 fully saturated rings. The van der Waals surface area contributed by atoms with Gasteiger partial charge >= 0.3 is 5.97 Å². The van der Waals surface area contributed by atoms with Crippen molar-refractivity contribution >= 4 is 5.97 Å². The number of carbonyl (C=O) groups is 1. The number of nitriles is 1. The molecule has 1 aromatic rings. The first-order valence-electron chi connectivity index (χ1n) is 6.23. The molecular weight excluding hydrogens is 226 g/mol. The normalized spacial score (nSPS) is 15.2. The molecule has 3 heteroatoms. The standard InChI is InChI=1S/C15H19NO2/c1-4-18-15(17)14(10-16)12(3)11(2)13-8-6-5-7-9-13/h5-9,11-12,14H,4H2,1-3H3/t11-,12-,14?/m0/s1. The summed E-state index contributed by atoms with van der Waals surface area (Å²) in [6.45, 7) is 6.01. The molecule has 0 saturated carbocycles. The Morgan fingerprint density at radius 1 is 1.33 bits per heavy atom. The fourth-order valence-electron chi connectivity index (χ4n) is 1.97. The Morgan fingerprint density at radius 2 is 1.94 bits per heavy atom. The molecule has 18 heavy (non-hydrogen) atoms. The third-order valence-electron chi connectivity index (χ3n) is 3.32. The predicted octanol–water partition coefficient (Wildman–Crippen LogP) is 3.13. The van der Waals surface area contributed by atoms with Gasteiger partial charge in [0, 0.05) is 0 Å². The molecule has 3 nitrogen and oxygen atoms in total. The number of benzene rings is 1. The molecule has 0 aliphatic rings. The van der Waals surface area contributed by atoms with E-state index in [0.717, 1.165) is 5.56 Å². The smallest absolute Gasteiger partial charge is 0.323 e. The van der Waals surface area contributed by atoms with Crippen molar-refractivity contribution in [2.24, 2.45) is 11.8 Å². The summed E-state index contributed by atoms with van der Waals surface area (Å²) < 4.78 is 4.94. The SMILES string of the molecule is CCOC(=O)C(C#N)[C@@H](C)[C@H](C)c1ccccc1. The number of rotatable bonds is 5. The van der Waals surface area contributed by atoms with Crippen molar-refractivity contribution in [3.05, 3.63) is 35.9 Å². The molecule has 0 spiro atoms. The average Bonchev–Trinajstić information content (AvgIpc) is 2.40. The zero-order valence-electron chi connectivity index (χ0n) is 11.1. The van der Waals surface area contributed by atoms with Gasteiger partial charge in [0.25, 0.3) is 0 Å². The van der Waals surface area contributed by atoms with Gasteiger partial charge < -0.3 is 4.74 Å². The zero-order valence-corrected chi connectivity index (χ0v) is 11.1. The lowest BCUT2D eigenvalue weighted by Gasteiger charge is -2.23. The van der Waals surface area contributed by atoms with E-state index >= 15 is 0 Å². The molecule has 0 saturated heterocycles. The first kappa shape index (κ1) is 14.2. The number of nitrogens with zero attached hydrogens (tertiary/aromatic N) is 1. The molecule has 1 unspecified atom stereocenters. The summed E-state index contributed by atoms with van der Waals surface area (Å²) in [6, 6.07) is 12.0. The van der Waals surface area contributed by atoms with Crippen LogP contribution in [0.1, 0.15) is 32.3 Å². The summed E-state index contributed by atoms with van der Waals surface area (Å²) in [6.07, 6.45) is 0. The van der Waals surface area contributed by atoms with Crippen molar-refractivity contribution < 1.29 is 9.53 Å². The van der Waals surface area contributed by atoms with Crippen LogP contribution < -0.4 is 0 Å². The quantitative estimate of drug-likeness (QED) is 0.749. The van der Waals surface area contributed by atoms with Crippen molar-refractivity contribution in [1.29, 1.82) is 5.26 Å². The Labute approximate surface area is 108 Å². The van der Waals surface area contributed by atoms with Gasteiger partial charge in [0.2, 0.25) is 0 Å². The van der Waals surface area contributed by atoms with E-state index in [-0.39, 0.29) is 11.8 Å². The second-order valence-corrected chi connectivity index (χ2v) is 4.42. The highest BCUT2D eigenvalue weighted by molar-refractivity contribution is 5.75. The minimum Gasteiger partial charge on any atom is -0.465 e. The minimum atomic E-state index is -0.708. The molecule has 0 aromatic heterocycles. The van der Waals surface area contributed by atoms with Gasteiger partial charge in [0.1, 0.15) is 5.92 Å². The number of hydrogen-bond acceptors (Lipinski definition) is 3. The van der Waals surface area contributed by atoms with Crippen molar-refractivity contribution in [3.8, 4) is 6.07 Å². The number of carbonyl (C=O) groups excluding carboxylic acids is 1. The highest BCUT2D eigenvalue weighted by Gasteiger charge is 2.30. The van der Waals surface area contributed by atoms with Crippen molar-refractivity contribution in [2.45, 2.75) is 26.7 Å². The van der Waals surface area contributed by atoms with Gasteiger partial charge in [-0.1, -0.05) is 44.2 Å². The van der Waals surface area contributed by atoms with Gasteiger partial charge in [0.15, 0.2) is 0 Å². The van der Waals surface area contributed by atoms with E-state index in [4.69, 9.17) is 10.00 Å². The van der Waals surface area contributed by atoms with Crippen LogP contribution in [-0.2, 0) is 9.53 Å². The van der Waals surface area contributed by atoms with E-state index in [1.165, 1.54) is 0 Å². The van der Waals surface area contributed by atoms with Crippen LogP contribution in [0.15, 0.2) is 30.3 Å². The second kappa shape index (κ2) is 6.80. The number of ether oxygens (including phenoxy) is 1. The fraction of sp³-hybridized carbons (Fsp3) is 0.467. The van der Waals surface area contributed by atoms with Crippen molar-refractivity contribution in [3.63, 3.8) is 0 Å². The average molecular weight is 245 g/mol. The molecule has 0 bridgehead atoms. The lowest BCUT2D eigenvalue weighted by molar-refractivity contribution is -0.147.